The number of carbonyl (C=O) groups is 2. The number of imidazole rings is 1. The Kier molecular flexibility index (Phi) is 6.01. The van der Waals surface area contributed by atoms with Gasteiger partial charge < -0.3 is 24.6 Å². The molecule has 2 atom stereocenters. The lowest BCUT2D eigenvalue weighted by atomic mass is 9.99. The summed E-state index contributed by atoms with van der Waals surface area (Å²) in [5.74, 6) is 0.149. The predicted octanol–water partition coefficient (Wildman–Crippen LogP) is 0.923. The minimum Gasteiger partial charge on any atom is -0.394 e. The molecule has 3 heterocycles. The van der Waals surface area contributed by atoms with Gasteiger partial charge in [0.15, 0.2) is 0 Å². The van der Waals surface area contributed by atoms with E-state index in [-0.39, 0.29) is 37.3 Å². The maximum Gasteiger partial charge on any atom is 0.275 e. The molecule has 2 N–H and O–H groups in total. The molecule has 0 spiro atoms. The third-order valence-electron chi connectivity index (χ3n) is 5.17. The molecule has 10 heteroatoms. The van der Waals surface area contributed by atoms with Crippen LogP contribution in [0.15, 0.2) is 55.2 Å². The number of aliphatic hydroxyl groups is 1. The summed E-state index contributed by atoms with van der Waals surface area (Å²) in [5.41, 5.74) is 1.58. The number of nitrogens with one attached hydrogen (secondary N) is 1. The maximum atomic E-state index is 12.5. The molecule has 4 rings (SSSR count). The normalized spacial score (nSPS) is 18.8. The number of carbonyl (C=O) groups excluding carboxylic acids is 2. The zero-order chi connectivity index (χ0) is 21.8. The second-order valence-electron chi connectivity index (χ2n) is 7.12. The van der Waals surface area contributed by atoms with Crippen molar-refractivity contribution in [3.63, 3.8) is 0 Å². The summed E-state index contributed by atoms with van der Waals surface area (Å²) >= 11 is 0. The van der Waals surface area contributed by atoms with Crippen molar-refractivity contribution in [2.75, 3.05) is 18.5 Å². The van der Waals surface area contributed by atoms with E-state index in [9.17, 15) is 14.7 Å². The van der Waals surface area contributed by atoms with Crippen molar-refractivity contribution in [2.24, 2.45) is 7.05 Å². The van der Waals surface area contributed by atoms with Crippen LogP contribution in [0, 0.1) is 0 Å². The van der Waals surface area contributed by atoms with Gasteiger partial charge in [0.1, 0.15) is 24.2 Å². The van der Waals surface area contributed by atoms with Gasteiger partial charge >= 0.3 is 0 Å². The standard InChI is InChI=1S/C21H22N6O4/c1-26-9-8-24-18(26)11-27-17(12-28)20(31-13-19(27)29)14-2-4-15(5-3-14)25-21(30)16-10-22-6-7-23-16/h2-10,17,20,28H,11-13H2,1H3,(H,25,30)/t17-,20-/m1/s1. The number of morpholine rings is 1. The second kappa shape index (κ2) is 9.02. The number of rotatable bonds is 6. The van der Waals surface area contributed by atoms with Gasteiger partial charge in [-0.15, -0.1) is 0 Å². The first kappa shape index (κ1) is 20.6. The highest BCUT2D eigenvalue weighted by Gasteiger charge is 2.37. The Morgan fingerprint density at radius 1 is 1.23 bits per heavy atom. The van der Waals surface area contributed by atoms with Crippen LogP contribution in [-0.2, 0) is 23.1 Å². The van der Waals surface area contributed by atoms with Crippen molar-refractivity contribution in [1.29, 1.82) is 0 Å². The molecule has 0 unspecified atom stereocenters. The van der Waals surface area contributed by atoms with Gasteiger partial charge in [0.2, 0.25) is 5.91 Å². The van der Waals surface area contributed by atoms with E-state index in [1.165, 1.54) is 18.6 Å². The SMILES string of the molecule is Cn1ccnc1CN1C(=O)CO[C@H](c2ccc(NC(=O)c3cnccn3)cc2)[C@H]1CO. The first-order chi connectivity index (χ1) is 15.1. The quantitative estimate of drug-likeness (QED) is 0.606. The lowest BCUT2D eigenvalue weighted by molar-refractivity contribution is -0.162. The molecule has 1 aliphatic rings. The Morgan fingerprint density at radius 2 is 2.03 bits per heavy atom. The van der Waals surface area contributed by atoms with E-state index in [2.05, 4.69) is 20.3 Å². The molecule has 0 saturated carbocycles. The Balaban J connectivity index is 1.49. The maximum absolute atomic E-state index is 12.5. The topological polar surface area (TPSA) is 122 Å². The van der Waals surface area contributed by atoms with Gasteiger partial charge in [-0.1, -0.05) is 12.1 Å². The zero-order valence-corrected chi connectivity index (χ0v) is 16.9. The lowest BCUT2D eigenvalue weighted by Gasteiger charge is -2.40. The number of hydrogen-bond donors (Lipinski definition) is 2. The highest BCUT2D eigenvalue weighted by atomic mass is 16.5. The number of anilines is 1. The first-order valence-corrected chi connectivity index (χ1v) is 9.72. The number of nitrogens with zero attached hydrogens (tertiary/aromatic N) is 5. The van der Waals surface area contributed by atoms with Crippen LogP contribution in [0.1, 0.15) is 28.0 Å². The van der Waals surface area contributed by atoms with Gasteiger partial charge in [-0.3, -0.25) is 14.6 Å². The Labute approximate surface area is 178 Å². The number of aliphatic hydroxyl groups excluding tert-OH is 1. The average Bonchev–Trinajstić information content (AvgIpc) is 3.20. The van der Waals surface area contributed by atoms with E-state index in [1.807, 2.05) is 11.6 Å². The molecular weight excluding hydrogens is 400 g/mol. The number of benzene rings is 1. The molecule has 2 amide bonds. The molecule has 31 heavy (non-hydrogen) atoms. The highest BCUT2D eigenvalue weighted by molar-refractivity contribution is 6.02. The molecule has 160 valence electrons. The smallest absolute Gasteiger partial charge is 0.275 e. The molecule has 3 aromatic rings. The Bertz CT molecular complexity index is 1050. The molecular formula is C21H22N6O4. The van der Waals surface area contributed by atoms with Gasteiger partial charge in [-0.05, 0) is 17.7 Å². The van der Waals surface area contributed by atoms with Crippen LogP contribution in [-0.4, -0.2) is 60.6 Å². The molecule has 0 bridgehead atoms. The fourth-order valence-electron chi connectivity index (χ4n) is 3.49. The molecule has 1 saturated heterocycles. The number of aryl methyl sites for hydroxylation is 1. The largest absolute Gasteiger partial charge is 0.394 e. The third-order valence-corrected chi connectivity index (χ3v) is 5.17. The fourth-order valence-corrected chi connectivity index (χ4v) is 3.49. The van der Waals surface area contributed by atoms with Crippen LogP contribution >= 0.6 is 0 Å². The number of amides is 2. The van der Waals surface area contributed by atoms with Gasteiger partial charge in [-0.2, -0.15) is 0 Å². The summed E-state index contributed by atoms with van der Waals surface area (Å²) in [7, 11) is 1.85. The van der Waals surface area contributed by atoms with E-state index >= 15 is 0 Å². The minimum absolute atomic E-state index is 0.0866. The zero-order valence-electron chi connectivity index (χ0n) is 16.9. The molecule has 0 radical (unpaired) electrons. The first-order valence-electron chi connectivity index (χ1n) is 9.72. The summed E-state index contributed by atoms with van der Waals surface area (Å²) in [6, 6.07) is 6.52. The van der Waals surface area contributed by atoms with Crippen molar-refractivity contribution in [2.45, 2.75) is 18.7 Å². The van der Waals surface area contributed by atoms with Crippen molar-refractivity contribution in [3.05, 3.63) is 72.3 Å². The van der Waals surface area contributed by atoms with Gasteiger partial charge in [0.25, 0.3) is 5.91 Å². The Hall–Kier alpha value is -3.63. The van der Waals surface area contributed by atoms with E-state index in [0.717, 1.165) is 11.4 Å². The van der Waals surface area contributed by atoms with Crippen LogP contribution in [0.25, 0.3) is 0 Å². The van der Waals surface area contributed by atoms with Crippen LogP contribution < -0.4 is 5.32 Å². The minimum atomic E-state index is -0.557. The third kappa shape index (κ3) is 4.44. The number of ether oxygens (including phenoxy) is 1. The van der Waals surface area contributed by atoms with E-state index in [1.54, 1.807) is 41.6 Å². The van der Waals surface area contributed by atoms with Crippen molar-refractivity contribution in [1.82, 2.24) is 24.4 Å². The lowest BCUT2D eigenvalue weighted by Crippen LogP contribution is -2.52. The van der Waals surface area contributed by atoms with Crippen LogP contribution in [0.4, 0.5) is 5.69 Å². The van der Waals surface area contributed by atoms with Crippen LogP contribution in [0.2, 0.25) is 0 Å². The Morgan fingerprint density at radius 3 is 2.68 bits per heavy atom. The molecule has 1 aliphatic heterocycles. The van der Waals surface area contributed by atoms with Gasteiger partial charge in [0.05, 0.1) is 25.4 Å². The van der Waals surface area contributed by atoms with Gasteiger partial charge in [0, 0.05) is 37.5 Å². The fraction of sp³-hybridized carbons (Fsp3) is 0.286. The summed E-state index contributed by atoms with van der Waals surface area (Å²) in [6.45, 7) is -0.0670. The monoisotopic (exact) mass is 422 g/mol. The summed E-state index contributed by atoms with van der Waals surface area (Å²) in [6.07, 6.45) is 7.30. The molecule has 10 nitrogen and oxygen atoms in total. The molecule has 2 aromatic heterocycles. The molecule has 0 aliphatic carbocycles. The van der Waals surface area contributed by atoms with Crippen LogP contribution in [0.3, 0.4) is 0 Å². The summed E-state index contributed by atoms with van der Waals surface area (Å²) < 4.78 is 7.60. The molecule has 1 aromatic carbocycles. The predicted molar refractivity (Wildman–Crippen MR) is 110 cm³/mol. The van der Waals surface area contributed by atoms with Crippen LogP contribution in [0.5, 0.6) is 0 Å². The average molecular weight is 422 g/mol. The van der Waals surface area contributed by atoms with Gasteiger partial charge in [-0.25, -0.2) is 9.97 Å². The molecule has 1 fully saturated rings. The van der Waals surface area contributed by atoms with Crippen molar-refractivity contribution < 1.29 is 19.4 Å². The summed E-state index contributed by atoms with van der Waals surface area (Å²) in [4.78, 5) is 38.4. The second-order valence-corrected chi connectivity index (χ2v) is 7.12. The van der Waals surface area contributed by atoms with E-state index in [0.29, 0.717) is 5.69 Å². The van der Waals surface area contributed by atoms with Crippen molar-refractivity contribution >= 4 is 17.5 Å². The summed E-state index contributed by atoms with van der Waals surface area (Å²) in [5, 5.41) is 12.8. The van der Waals surface area contributed by atoms with E-state index < -0.39 is 12.1 Å². The number of aromatic nitrogens is 4. The highest BCUT2D eigenvalue weighted by Crippen LogP contribution is 2.30. The number of hydrogen-bond acceptors (Lipinski definition) is 7. The van der Waals surface area contributed by atoms with Crippen molar-refractivity contribution in [3.8, 4) is 0 Å². The van der Waals surface area contributed by atoms with E-state index in [4.69, 9.17) is 4.74 Å².